The van der Waals surface area contributed by atoms with E-state index in [0.717, 1.165) is 49.4 Å². The molecule has 1 N–H and O–H groups in total. The van der Waals surface area contributed by atoms with Crippen LogP contribution < -0.4 is 5.32 Å². The van der Waals surface area contributed by atoms with Crippen molar-refractivity contribution in [1.82, 2.24) is 10.2 Å². The summed E-state index contributed by atoms with van der Waals surface area (Å²) in [5.74, 6) is 1.39. The molecular weight excluding hydrogens is 365 g/mol. The van der Waals surface area contributed by atoms with Gasteiger partial charge < -0.3 is 10.2 Å². The summed E-state index contributed by atoms with van der Waals surface area (Å²) in [7, 11) is -2.87. The minimum absolute atomic E-state index is 0.126. The zero-order chi connectivity index (χ0) is 18.9. The molecule has 2 fully saturated rings. The van der Waals surface area contributed by atoms with Crippen molar-refractivity contribution < 1.29 is 12.8 Å². The molecule has 0 radical (unpaired) electrons. The summed E-state index contributed by atoms with van der Waals surface area (Å²) in [6, 6.07) is 5.48. The molecule has 5 nitrogen and oxygen atoms in total. The fourth-order valence-corrected chi connectivity index (χ4v) is 6.27. The first-order chi connectivity index (χ1) is 13.0. The van der Waals surface area contributed by atoms with E-state index in [-0.39, 0.29) is 17.5 Å². The number of halogens is 1. The number of hydrogen-bond acceptors (Lipinski definition) is 3. The summed E-state index contributed by atoms with van der Waals surface area (Å²) in [6.07, 6.45) is 6.32. The van der Waals surface area contributed by atoms with Crippen LogP contribution in [-0.4, -0.2) is 49.9 Å². The summed E-state index contributed by atoms with van der Waals surface area (Å²) in [5.41, 5.74) is 2.22. The van der Waals surface area contributed by atoms with Gasteiger partial charge in [-0.1, -0.05) is 18.9 Å². The molecule has 0 spiro atoms. The topological polar surface area (TPSA) is 61.8 Å². The molecule has 0 bridgehead atoms. The molecule has 1 saturated heterocycles. The minimum atomic E-state index is -2.87. The van der Waals surface area contributed by atoms with Crippen molar-refractivity contribution in [3.63, 3.8) is 0 Å². The quantitative estimate of drug-likeness (QED) is 0.633. The zero-order valence-electron chi connectivity index (χ0n) is 15.7. The Kier molecular flexibility index (Phi) is 5.39. The van der Waals surface area contributed by atoms with Crippen molar-refractivity contribution in [1.29, 1.82) is 0 Å². The zero-order valence-corrected chi connectivity index (χ0v) is 16.5. The average molecular weight is 394 g/mol. The maximum atomic E-state index is 13.5. The van der Waals surface area contributed by atoms with Gasteiger partial charge in [0.15, 0.2) is 15.8 Å². The van der Waals surface area contributed by atoms with Crippen LogP contribution in [-0.2, 0) is 22.8 Å². The molecule has 148 valence electrons. The highest BCUT2D eigenvalue weighted by molar-refractivity contribution is 7.91. The van der Waals surface area contributed by atoms with E-state index < -0.39 is 9.84 Å². The van der Waals surface area contributed by atoms with Gasteiger partial charge in [0.2, 0.25) is 0 Å². The molecule has 3 aliphatic rings. The molecule has 1 saturated carbocycles. The average Bonchev–Trinajstić information content (AvgIpc) is 3.27. The first-order valence-corrected chi connectivity index (χ1v) is 11.8. The third-order valence-corrected chi connectivity index (χ3v) is 7.83. The maximum Gasteiger partial charge on any atom is 0.194 e. The molecule has 4 rings (SSSR count). The van der Waals surface area contributed by atoms with Crippen LogP contribution in [0.15, 0.2) is 23.2 Å². The van der Waals surface area contributed by atoms with Crippen LogP contribution in [0, 0.1) is 11.7 Å². The third kappa shape index (κ3) is 4.62. The SMILES string of the molecule is O=S1(=O)CCC(CN=C(NC2CCCC2)N2CCc3cc(F)ccc3C2)C1. The second kappa shape index (κ2) is 7.78. The van der Waals surface area contributed by atoms with Gasteiger partial charge in [0.25, 0.3) is 0 Å². The van der Waals surface area contributed by atoms with Crippen molar-refractivity contribution in [2.75, 3.05) is 24.6 Å². The van der Waals surface area contributed by atoms with Gasteiger partial charge in [0.1, 0.15) is 5.82 Å². The molecule has 2 heterocycles. The van der Waals surface area contributed by atoms with Crippen LogP contribution in [0.4, 0.5) is 4.39 Å². The fraction of sp³-hybridized carbons (Fsp3) is 0.650. The second-order valence-electron chi connectivity index (χ2n) is 8.14. The lowest BCUT2D eigenvalue weighted by Gasteiger charge is -2.33. The molecule has 1 aromatic carbocycles. The molecular formula is C20H28FN3O2S. The first-order valence-electron chi connectivity index (χ1n) is 10.0. The number of guanidine groups is 1. The highest BCUT2D eigenvalue weighted by Gasteiger charge is 2.29. The van der Waals surface area contributed by atoms with E-state index >= 15 is 0 Å². The van der Waals surface area contributed by atoms with Crippen LogP contribution >= 0.6 is 0 Å². The molecule has 1 aliphatic carbocycles. The molecule has 1 atom stereocenters. The third-order valence-electron chi connectivity index (χ3n) is 5.99. The smallest absolute Gasteiger partial charge is 0.194 e. The van der Waals surface area contributed by atoms with E-state index in [1.165, 1.54) is 18.9 Å². The normalized spacial score (nSPS) is 25.6. The second-order valence-corrected chi connectivity index (χ2v) is 10.4. The number of nitrogens with zero attached hydrogens (tertiary/aromatic N) is 2. The van der Waals surface area contributed by atoms with Crippen LogP contribution in [0.3, 0.4) is 0 Å². The van der Waals surface area contributed by atoms with Crippen molar-refractivity contribution in [3.8, 4) is 0 Å². The summed E-state index contributed by atoms with van der Waals surface area (Å²) in [4.78, 5) is 7.08. The number of rotatable bonds is 3. The Morgan fingerprint density at radius 2 is 2.04 bits per heavy atom. The Bertz CT molecular complexity index is 819. The van der Waals surface area contributed by atoms with Gasteiger partial charge in [-0.15, -0.1) is 0 Å². The predicted molar refractivity (Wildman–Crippen MR) is 105 cm³/mol. The molecule has 27 heavy (non-hydrogen) atoms. The lowest BCUT2D eigenvalue weighted by Crippen LogP contribution is -2.47. The number of aliphatic imine (C=N–C) groups is 1. The first kappa shape index (κ1) is 18.7. The number of fused-ring (bicyclic) bond motifs is 1. The van der Waals surface area contributed by atoms with Crippen molar-refractivity contribution in [3.05, 3.63) is 35.1 Å². The van der Waals surface area contributed by atoms with Crippen LogP contribution in [0.1, 0.15) is 43.2 Å². The molecule has 0 aromatic heterocycles. The van der Waals surface area contributed by atoms with Gasteiger partial charge in [-0.2, -0.15) is 0 Å². The van der Waals surface area contributed by atoms with Gasteiger partial charge in [0.05, 0.1) is 11.5 Å². The van der Waals surface area contributed by atoms with Crippen molar-refractivity contribution in [2.45, 2.75) is 51.1 Å². The van der Waals surface area contributed by atoms with Gasteiger partial charge in [-0.3, -0.25) is 4.99 Å². The Morgan fingerprint density at radius 3 is 2.78 bits per heavy atom. The van der Waals surface area contributed by atoms with E-state index in [1.54, 1.807) is 6.07 Å². The Morgan fingerprint density at radius 1 is 1.22 bits per heavy atom. The highest BCUT2D eigenvalue weighted by Crippen LogP contribution is 2.23. The van der Waals surface area contributed by atoms with Crippen LogP contribution in [0.2, 0.25) is 0 Å². The van der Waals surface area contributed by atoms with Crippen molar-refractivity contribution >= 4 is 15.8 Å². The van der Waals surface area contributed by atoms with E-state index in [2.05, 4.69) is 10.2 Å². The summed E-state index contributed by atoms with van der Waals surface area (Å²) in [6.45, 7) is 2.08. The van der Waals surface area contributed by atoms with Gasteiger partial charge in [0, 0.05) is 25.7 Å². The Hall–Kier alpha value is -1.63. The fourth-order valence-electron chi connectivity index (χ4n) is 4.42. The lowest BCUT2D eigenvalue weighted by atomic mass is 10.00. The minimum Gasteiger partial charge on any atom is -0.353 e. The monoisotopic (exact) mass is 393 g/mol. The number of sulfone groups is 1. The van der Waals surface area contributed by atoms with Crippen LogP contribution in [0.25, 0.3) is 0 Å². The standard InChI is InChI=1S/C20H28FN3O2S/c21-18-6-5-17-13-24(9-7-16(17)11-18)20(23-19-3-1-2-4-19)22-12-15-8-10-27(25,26)14-15/h5-6,11,15,19H,1-4,7-10,12-14H2,(H,22,23). The van der Waals surface area contributed by atoms with E-state index in [9.17, 15) is 12.8 Å². The molecule has 7 heteroatoms. The van der Waals surface area contributed by atoms with Gasteiger partial charge in [-0.25, -0.2) is 12.8 Å². The number of benzene rings is 1. The summed E-state index contributed by atoms with van der Waals surface area (Å²) < 4.78 is 36.9. The number of hydrogen-bond donors (Lipinski definition) is 1. The number of nitrogens with one attached hydrogen (secondary N) is 1. The highest BCUT2D eigenvalue weighted by atomic mass is 32.2. The van der Waals surface area contributed by atoms with E-state index in [0.29, 0.717) is 24.8 Å². The molecule has 1 unspecified atom stereocenters. The summed E-state index contributed by atoms with van der Waals surface area (Å²) >= 11 is 0. The Labute approximate surface area is 161 Å². The molecule has 1 aromatic rings. The molecule has 0 amide bonds. The largest absolute Gasteiger partial charge is 0.353 e. The van der Waals surface area contributed by atoms with Gasteiger partial charge >= 0.3 is 0 Å². The van der Waals surface area contributed by atoms with Gasteiger partial charge in [-0.05, 0) is 54.9 Å². The van der Waals surface area contributed by atoms with E-state index in [1.807, 2.05) is 6.07 Å². The lowest BCUT2D eigenvalue weighted by molar-refractivity contribution is 0.368. The summed E-state index contributed by atoms with van der Waals surface area (Å²) in [5, 5.41) is 3.62. The van der Waals surface area contributed by atoms with E-state index in [4.69, 9.17) is 4.99 Å². The Balaban J connectivity index is 1.49. The maximum absolute atomic E-state index is 13.5. The van der Waals surface area contributed by atoms with Crippen molar-refractivity contribution in [2.24, 2.45) is 10.9 Å². The molecule has 2 aliphatic heterocycles. The van der Waals surface area contributed by atoms with Crippen LogP contribution in [0.5, 0.6) is 0 Å². The predicted octanol–water partition coefficient (Wildman–Crippen LogP) is 2.51.